The smallest absolute Gasteiger partial charge is 0.276 e. The molecule has 4 aromatic rings. The highest BCUT2D eigenvalue weighted by molar-refractivity contribution is 7.14. The summed E-state index contributed by atoms with van der Waals surface area (Å²) in [5, 5.41) is 7.53. The normalized spacial score (nSPS) is 10.5. The molecule has 0 radical (unpaired) electrons. The summed E-state index contributed by atoms with van der Waals surface area (Å²) in [4.78, 5) is 21.8. The zero-order valence-corrected chi connectivity index (χ0v) is 20.0. The molecule has 1 N–H and O–H groups in total. The van der Waals surface area contributed by atoms with Crippen LogP contribution < -0.4 is 24.3 Å². The van der Waals surface area contributed by atoms with E-state index in [0.29, 0.717) is 44.5 Å². The number of carbonyl (C=O) groups excluding carboxylic acids is 1. The van der Waals surface area contributed by atoms with Crippen molar-refractivity contribution in [2.75, 3.05) is 33.8 Å². The maximum absolute atomic E-state index is 12.8. The fourth-order valence-electron chi connectivity index (χ4n) is 3.11. The van der Waals surface area contributed by atoms with E-state index >= 15 is 0 Å². The van der Waals surface area contributed by atoms with E-state index in [2.05, 4.69) is 15.3 Å². The van der Waals surface area contributed by atoms with Gasteiger partial charge in [-0.2, -0.15) is 0 Å². The van der Waals surface area contributed by atoms with Crippen LogP contribution in [0.3, 0.4) is 0 Å². The van der Waals surface area contributed by atoms with Gasteiger partial charge >= 0.3 is 0 Å². The van der Waals surface area contributed by atoms with Gasteiger partial charge in [-0.3, -0.25) is 10.1 Å². The van der Waals surface area contributed by atoms with E-state index < -0.39 is 0 Å². The maximum atomic E-state index is 12.8. The van der Waals surface area contributed by atoms with Crippen molar-refractivity contribution in [2.24, 2.45) is 0 Å². The molecule has 0 atom stereocenters. The number of nitrogens with zero attached hydrogens (tertiary/aromatic N) is 2. The molecule has 8 nitrogen and oxygen atoms in total. The summed E-state index contributed by atoms with van der Waals surface area (Å²) < 4.78 is 21.4. The van der Waals surface area contributed by atoms with Gasteiger partial charge in [0.25, 0.3) is 5.91 Å². The number of ether oxygens (including phenoxy) is 4. The summed E-state index contributed by atoms with van der Waals surface area (Å²) in [6.45, 7) is 0. The van der Waals surface area contributed by atoms with Gasteiger partial charge in [0.1, 0.15) is 22.2 Å². The van der Waals surface area contributed by atoms with E-state index in [9.17, 15) is 4.79 Å². The van der Waals surface area contributed by atoms with Crippen LogP contribution in [0.4, 0.5) is 5.13 Å². The van der Waals surface area contributed by atoms with Gasteiger partial charge in [0.05, 0.1) is 34.1 Å². The summed E-state index contributed by atoms with van der Waals surface area (Å²) in [5.74, 6) is 2.24. The molecule has 0 saturated heterocycles. The molecule has 2 aromatic heterocycles. The quantitative estimate of drug-likeness (QED) is 0.367. The lowest BCUT2D eigenvalue weighted by molar-refractivity contribution is 0.102. The Morgan fingerprint density at radius 3 is 2.30 bits per heavy atom. The van der Waals surface area contributed by atoms with Crippen LogP contribution in [-0.4, -0.2) is 44.3 Å². The van der Waals surface area contributed by atoms with Crippen molar-refractivity contribution < 1.29 is 23.7 Å². The zero-order valence-electron chi connectivity index (χ0n) is 18.4. The van der Waals surface area contributed by atoms with Crippen LogP contribution in [0.15, 0.2) is 47.2 Å². The highest BCUT2D eigenvalue weighted by atomic mass is 32.1. The van der Waals surface area contributed by atoms with Crippen molar-refractivity contribution in [3.63, 3.8) is 0 Å². The van der Waals surface area contributed by atoms with Gasteiger partial charge in [-0.25, -0.2) is 9.97 Å². The Kier molecular flexibility index (Phi) is 6.76. The van der Waals surface area contributed by atoms with Crippen LogP contribution >= 0.6 is 22.7 Å². The van der Waals surface area contributed by atoms with Crippen LogP contribution in [0.1, 0.15) is 10.5 Å². The molecule has 1 amide bonds. The second kappa shape index (κ2) is 9.88. The Labute approximate surface area is 198 Å². The molecule has 10 heteroatoms. The standard InChI is InChI=1S/C23H21N3O5S2/c1-28-14-6-8-18(29-2)15(10-14)16-11-33-23(25-16)26-21(27)17-12-32-22(24-17)13-5-7-19(30-3)20(9-13)31-4/h5-12H,1-4H3,(H,25,26,27). The van der Waals surface area contributed by atoms with Gasteiger partial charge in [-0.15, -0.1) is 22.7 Å². The third-order valence-corrected chi connectivity index (χ3v) is 6.42. The molecule has 0 bridgehead atoms. The Morgan fingerprint density at radius 1 is 0.818 bits per heavy atom. The minimum absolute atomic E-state index is 0.306. The van der Waals surface area contributed by atoms with Crippen LogP contribution in [-0.2, 0) is 0 Å². The van der Waals surface area contributed by atoms with Crippen molar-refractivity contribution in [1.29, 1.82) is 0 Å². The molecule has 2 heterocycles. The van der Waals surface area contributed by atoms with Gasteiger partial charge in [-0.05, 0) is 36.4 Å². The number of aromatic nitrogens is 2. The first-order valence-electron chi connectivity index (χ1n) is 9.73. The first-order valence-corrected chi connectivity index (χ1v) is 11.5. The van der Waals surface area contributed by atoms with Crippen LogP contribution in [0.2, 0.25) is 0 Å². The predicted molar refractivity (Wildman–Crippen MR) is 129 cm³/mol. The number of carbonyl (C=O) groups is 1. The monoisotopic (exact) mass is 483 g/mol. The van der Waals surface area contributed by atoms with E-state index in [1.807, 2.05) is 35.7 Å². The van der Waals surface area contributed by atoms with Gasteiger partial charge in [-0.1, -0.05) is 0 Å². The van der Waals surface area contributed by atoms with Crippen LogP contribution in [0.5, 0.6) is 23.0 Å². The molecule has 0 saturated carbocycles. The SMILES string of the molecule is COc1ccc(OC)c(-c2csc(NC(=O)c3csc(-c4ccc(OC)c(OC)c4)n3)n2)c1. The average Bonchev–Trinajstić information content (AvgIpc) is 3.53. The van der Waals surface area contributed by atoms with Gasteiger partial charge < -0.3 is 18.9 Å². The highest BCUT2D eigenvalue weighted by Crippen LogP contribution is 2.36. The molecule has 2 aromatic carbocycles. The van der Waals surface area contributed by atoms with Crippen molar-refractivity contribution in [2.45, 2.75) is 0 Å². The molecule has 0 spiro atoms. The second-order valence-corrected chi connectivity index (χ2v) is 8.38. The Balaban J connectivity index is 1.52. The topological polar surface area (TPSA) is 91.8 Å². The third kappa shape index (κ3) is 4.76. The lowest BCUT2D eigenvalue weighted by Crippen LogP contribution is -2.12. The summed E-state index contributed by atoms with van der Waals surface area (Å²) in [7, 11) is 6.35. The first kappa shape index (κ1) is 22.6. The molecule has 0 aliphatic carbocycles. The van der Waals surface area contributed by atoms with E-state index in [1.54, 1.807) is 39.9 Å². The lowest BCUT2D eigenvalue weighted by atomic mass is 10.1. The van der Waals surface area contributed by atoms with Crippen LogP contribution in [0.25, 0.3) is 21.8 Å². The number of nitrogens with one attached hydrogen (secondary N) is 1. The van der Waals surface area contributed by atoms with E-state index in [1.165, 1.54) is 22.7 Å². The second-order valence-electron chi connectivity index (χ2n) is 6.67. The number of benzene rings is 2. The summed E-state index contributed by atoms with van der Waals surface area (Å²) in [6, 6.07) is 11.0. The largest absolute Gasteiger partial charge is 0.497 e. The average molecular weight is 484 g/mol. The Hall–Kier alpha value is -3.63. The lowest BCUT2D eigenvalue weighted by Gasteiger charge is -2.08. The molecule has 0 aliphatic heterocycles. The predicted octanol–water partition coefficient (Wildman–Crippen LogP) is 5.22. The summed E-state index contributed by atoms with van der Waals surface area (Å²) in [5.41, 5.74) is 2.59. The molecule has 170 valence electrons. The van der Waals surface area contributed by atoms with E-state index in [0.717, 1.165) is 11.1 Å². The number of rotatable bonds is 8. The fourth-order valence-corrected chi connectivity index (χ4v) is 4.61. The number of anilines is 1. The summed E-state index contributed by atoms with van der Waals surface area (Å²) in [6.07, 6.45) is 0. The summed E-state index contributed by atoms with van der Waals surface area (Å²) >= 11 is 2.69. The highest BCUT2D eigenvalue weighted by Gasteiger charge is 2.17. The van der Waals surface area contributed by atoms with Gasteiger partial charge in [0, 0.05) is 21.9 Å². The molecule has 0 unspecified atom stereocenters. The Bertz CT molecular complexity index is 1280. The van der Waals surface area contributed by atoms with E-state index in [-0.39, 0.29) is 5.91 Å². The zero-order chi connectivity index (χ0) is 23.4. The number of hydrogen-bond acceptors (Lipinski definition) is 9. The third-order valence-electron chi connectivity index (χ3n) is 4.77. The van der Waals surface area contributed by atoms with Crippen molar-refractivity contribution >= 4 is 33.7 Å². The number of amides is 1. The molecular weight excluding hydrogens is 462 g/mol. The van der Waals surface area contributed by atoms with Crippen molar-refractivity contribution in [3.05, 3.63) is 52.9 Å². The van der Waals surface area contributed by atoms with Crippen LogP contribution in [0, 0.1) is 0 Å². The van der Waals surface area contributed by atoms with E-state index in [4.69, 9.17) is 18.9 Å². The number of methoxy groups -OCH3 is 4. The van der Waals surface area contributed by atoms with Crippen molar-refractivity contribution in [1.82, 2.24) is 9.97 Å². The molecular formula is C23H21N3O5S2. The number of thiazole rings is 2. The minimum Gasteiger partial charge on any atom is -0.497 e. The number of hydrogen-bond donors (Lipinski definition) is 1. The molecule has 0 aliphatic rings. The molecule has 33 heavy (non-hydrogen) atoms. The van der Waals surface area contributed by atoms with Crippen molar-refractivity contribution in [3.8, 4) is 44.8 Å². The molecule has 4 rings (SSSR count). The maximum Gasteiger partial charge on any atom is 0.276 e. The fraction of sp³-hybridized carbons (Fsp3) is 0.174. The van der Waals surface area contributed by atoms with Gasteiger partial charge in [0.15, 0.2) is 16.6 Å². The Morgan fingerprint density at radius 2 is 1.58 bits per heavy atom. The first-order chi connectivity index (χ1) is 16.1. The molecule has 0 fully saturated rings. The minimum atomic E-state index is -0.337. The van der Waals surface area contributed by atoms with Gasteiger partial charge in [0.2, 0.25) is 0 Å².